The Labute approximate surface area is 120 Å². The van der Waals surface area contributed by atoms with E-state index < -0.39 is 5.97 Å². The summed E-state index contributed by atoms with van der Waals surface area (Å²) in [5.41, 5.74) is 2.54. The lowest BCUT2D eigenvalue weighted by Crippen LogP contribution is -2.08. The Morgan fingerprint density at radius 1 is 1.15 bits per heavy atom. The van der Waals surface area contributed by atoms with Crippen LogP contribution in [0.4, 0.5) is 0 Å². The number of hydrogen-bond acceptors (Lipinski definition) is 5. The summed E-state index contributed by atoms with van der Waals surface area (Å²) in [4.78, 5) is 23.6. The van der Waals surface area contributed by atoms with Gasteiger partial charge in [0.25, 0.3) is 0 Å². The monoisotopic (exact) mass is 287 g/mol. The maximum atomic E-state index is 10.8. The Morgan fingerprint density at radius 3 is 2.75 bits per heavy atom. The van der Waals surface area contributed by atoms with Crippen LogP contribution in [0.25, 0.3) is 0 Å². The molecule has 0 saturated heterocycles. The first kappa shape index (κ1) is 13.1. The molecule has 3 rings (SSSR count). The number of nitrogens with zero attached hydrogens (tertiary/aromatic N) is 3. The zero-order valence-corrected chi connectivity index (χ0v) is 11.6. The van der Waals surface area contributed by atoms with Gasteiger partial charge in [-0.2, -0.15) is 0 Å². The second-order valence-electron chi connectivity index (χ2n) is 4.60. The molecule has 1 N–H and O–H groups in total. The molecular weight excluding hydrogens is 274 g/mol. The summed E-state index contributed by atoms with van der Waals surface area (Å²) in [6, 6.07) is 3.27. The van der Waals surface area contributed by atoms with Gasteiger partial charge in [-0.05, 0) is 49.6 Å². The van der Waals surface area contributed by atoms with Crippen LogP contribution in [0.3, 0.4) is 0 Å². The molecule has 0 aliphatic heterocycles. The molecule has 20 heavy (non-hydrogen) atoms. The molecule has 6 heteroatoms. The normalized spacial score (nSPS) is 13.8. The van der Waals surface area contributed by atoms with Crippen LogP contribution in [-0.2, 0) is 12.8 Å². The third-order valence-corrected chi connectivity index (χ3v) is 4.27. The predicted octanol–water partition coefficient (Wildman–Crippen LogP) is 2.60. The molecule has 0 fully saturated rings. The van der Waals surface area contributed by atoms with Gasteiger partial charge in [-0.15, -0.1) is 0 Å². The van der Waals surface area contributed by atoms with E-state index in [1.807, 2.05) is 0 Å². The minimum Gasteiger partial charge on any atom is -0.478 e. The van der Waals surface area contributed by atoms with Crippen molar-refractivity contribution >= 4 is 17.7 Å². The van der Waals surface area contributed by atoms with E-state index >= 15 is 0 Å². The summed E-state index contributed by atoms with van der Waals surface area (Å²) in [6.45, 7) is 0. The van der Waals surface area contributed by atoms with Crippen molar-refractivity contribution < 1.29 is 9.90 Å². The predicted molar refractivity (Wildman–Crippen MR) is 74.0 cm³/mol. The second-order valence-corrected chi connectivity index (χ2v) is 5.61. The van der Waals surface area contributed by atoms with E-state index in [-0.39, 0.29) is 5.56 Å². The summed E-state index contributed by atoms with van der Waals surface area (Å²) < 4.78 is 0. The first-order valence-electron chi connectivity index (χ1n) is 6.44. The molecule has 102 valence electrons. The van der Waals surface area contributed by atoms with E-state index in [9.17, 15) is 4.79 Å². The Balaban J connectivity index is 1.86. The molecule has 2 heterocycles. The number of aryl methyl sites for hydroxylation is 1. The average Bonchev–Trinajstić information content (AvgIpc) is 2.48. The fourth-order valence-corrected chi connectivity index (χ4v) is 3.13. The summed E-state index contributed by atoms with van der Waals surface area (Å²) in [5.74, 6) is -0.964. The van der Waals surface area contributed by atoms with Crippen molar-refractivity contribution in [2.24, 2.45) is 0 Å². The van der Waals surface area contributed by atoms with Crippen LogP contribution in [0.2, 0.25) is 0 Å². The van der Waals surface area contributed by atoms with Crippen molar-refractivity contribution in [2.75, 3.05) is 0 Å². The summed E-state index contributed by atoms with van der Waals surface area (Å²) in [5, 5.41) is 10.5. The van der Waals surface area contributed by atoms with Crippen molar-refractivity contribution in [1.82, 2.24) is 15.0 Å². The average molecular weight is 287 g/mol. The second kappa shape index (κ2) is 5.58. The van der Waals surface area contributed by atoms with Crippen LogP contribution in [0.1, 0.15) is 34.5 Å². The molecule has 0 bridgehead atoms. The fraction of sp³-hybridized carbons (Fsp3) is 0.286. The summed E-state index contributed by atoms with van der Waals surface area (Å²) >= 11 is 1.47. The topological polar surface area (TPSA) is 76.0 Å². The lowest BCUT2D eigenvalue weighted by molar-refractivity contribution is 0.0696. The van der Waals surface area contributed by atoms with E-state index in [1.165, 1.54) is 36.4 Å². The smallest absolute Gasteiger partial charge is 0.337 e. The number of aromatic nitrogens is 3. The number of aromatic carboxylic acids is 1. The summed E-state index contributed by atoms with van der Waals surface area (Å²) in [7, 11) is 0. The van der Waals surface area contributed by atoms with Crippen molar-refractivity contribution in [3.8, 4) is 0 Å². The Morgan fingerprint density at radius 2 is 2.00 bits per heavy atom. The van der Waals surface area contributed by atoms with Crippen LogP contribution in [0, 0.1) is 0 Å². The molecule has 0 aromatic carbocycles. The van der Waals surface area contributed by atoms with Gasteiger partial charge in [0.05, 0.1) is 5.56 Å². The van der Waals surface area contributed by atoms with Crippen molar-refractivity contribution in [1.29, 1.82) is 0 Å². The van der Waals surface area contributed by atoms with Gasteiger partial charge < -0.3 is 5.11 Å². The van der Waals surface area contributed by atoms with Gasteiger partial charge in [0.1, 0.15) is 16.4 Å². The number of carbonyl (C=O) groups is 1. The molecular formula is C14H13N3O2S. The molecule has 2 aromatic heterocycles. The van der Waals surface area contributed by atoms with Crippen LogP contribution in [0.5, 0.6) is 0 Å². The quantitative estimate of drug-likeness (QED) is 0.874. The molecule has 0 radical (unpaired) electrons. The van der Waals surface area contributed by atoms with Crippen molar-refractivity contribution in [3.63, 3.8) is 0 Å². The first-order valence-corrected chi connectivity index (χ1v) is 7.25. The number of carboxylic acids is 1. The molecule has 2 aromatic rings. The highest BCUT2D eigenvalue weighted by Crippen LogP contribution is 2.31. The molecule has 5 nitrogen and oxygen atoms in total. The molecule has 0 unspecified atom stereocenters. The van der Waals surface area contributed by atoms with Gasteiger partial charge in [-0.25, -0.2) is 19.7 Å². The van der Waals surface area contributed by atoms with Crippen molar-refractivity contribution in [2.45, 2.75) is 35.7 Å². The lowest BCUT2D eigenvalue weighted by atomic mass is 9.98. The van der Waals surface area contributed by atoms with Gasteiger partial charge in [-0.1, -0.05) is 0 Å². The third kappa shape index (κ3) is 2.65. The van der Waals surface area contributed by atoms with Gasteiger partial charge in [0.2, 0.25) is 0 Å². The van der Waals surface area contributed by atoms with Gasteiger partial charge >= 0.3 is 5.97 Å². The molecule has 1 aliphatic rings. The standard InChI is InChI=1S/C14H13N3O2S/c18-14(19)9-5-6-12(15-7-9)20-13-10-3-1-2-4-11(10)16-8-17-13/h5-8H,1-4H2,(H,18,19). The van der Waals surface area contributed by atoms with Crippen LogP contribution in [-0.4, -0.2) is 26.0 Å². The number of hydrogen-bond donors (Lipinski definition) is 1. The first-order chi connectivity index (χ1) is 9.74. The number of rotatable bonds is 3. The number of pyridine rings is 1. The zero-order chi connectivity index (χ0) is 13.9. The van der Waals surface area contributed by atoms with Crippen LogP contribution in [0.15, 0.2) is 34.7 Å². The number of fused-ring (bicyclic) bond motifs is 1. The highest BCUT2D eigenvalue weighted by molar-refractivity contribution is 7.99. The molecule has 0 amide bonds. The lowest BCUT2D eigenvalue weighted by Gasteiger charge is -2.16. The maximum absolute atomic E-state index is 10.8. The van der Waals surface area contributed by atoms with E-state index in [2.05, 4.69) is 15.0 Å². The summed E-state index contributed by atoms with van der Waals surface area (Å²) in [6.07, 6.45) is 7.33. The largest absolute Gasteiger partial charge is 0.478 e. The van der Waals surface area contributed by atoms with Crippen molar-refractivity contribution in [3.05, 3.63) is 41.5 Å². The molecule has 0 spiro atoms. The Bertz CT molecular complexity index is 643. The Hall–Kier alpha value is -1.95. The van der Waals surface area contributed by atoms with Gasteiger partial charge in [-0.3, -0.25) is 0 Å². The third-order valence-electron chi connectivity index (χ3n) is 3.27. The van der Waals surface area contributed by atoms with E-state index in [4.69, 9.17) is 5.11 Å². The highest BCUT2D eigenvalue weighted by atomic mass is 32.2. The fourth-order valence-electron chi connectivity index (χ4n) is 2.25. The molecule has 1 aliphatic carbocycles. The maximum Gasteiger partial charge on any atom is 0.337 e. The Kier molecular flexibility index (Phi) is 3.64. The highest BCUT2D eigenvalue weighted by Gasteiger charge is 2.16. The van der Waals surface area contributed by atoms with Crippen LogP contribution < -0.4 is 0 Å². The molecule has 0 atom stereocenters. The van der Waals surface area contributed by atoms with Gasteiger partial charge in [0.15, 0.2) is 0 Å². The molecule has 0 saturated carbocycles. The number of carboxylic acid groups (broad SMARTS) is 1. The zero-order valence-electron chi connectivity index (χ0n) is 10.7. The van der Waals surface area contributed by atoms with Crippen LogP contribution >= 0.6 is 11.8 Å². The van der Waals surface area contributed by atoms with E-state index in [0.717, 1.165) is 28.6 Å². The minimum atomic E-state index is -0.964. The van der Waals surface area contributed by atoms with E-state index in [0.29, 0.717) is 0 Å². The SMILES string of the molecule is O=C(O)c1ccc(Sc2ncnc3c2CCCC3)nc1. The van der Waals surface area contributed by atoms with E-state index in [1.54, 1.807) is 18.5 Å². The van der Waals surface area contributed by atoms with Gasteiger partial charge in [0, 0.05) is 17.5 Å². The minimum absolute atomic E-state index is 0.194.